The summed E-state index contributed by atoms with van der Waals surface area (Å²) in [7, 11) is 0. The summed E-state index contributed by atoms with van der Waals surface area (Å²) in [6.45, 7) is 5.29. The van der Waals surface area contributed by atoms with Gasteiger partial charge in [-0.25, -0.2) is 0 Å². The summed E-state index contributed by atoms with van der Waals surface area (Å²) >= 11 is 9.42. The smallest absolute Gasteiger partial charge is 0.324 e. The van der Waals surface area contributed by atoms with E-state index in [-0.39, 0.29) is 12.0 Å². The fraction of sp³-hybridized carbons (Fsp3) is 0.500. The molecule has 1 unspecified atom stereocenters. The van der Waals surface area contributed by atoms with Crippen LogP contribution in [0.1, 0.15) is 12.5 Å². The number of hydrogen-bond acceptors (Lipinski definition) is 4. The monoisotopic (exact) mass is 360 g/mol. The van der Waals surface area contributed by atoms with Crippen molar-refractivity contribution in [3.8, 4) is 0 Å². The molecule has 0 radical (unpaired) electrons. The molecule has 1 aromatic carbocycles. The molecule has 1 saturated heterocycles. The first-order chi connectivity index (χ1) is 9.61. The molecule has 110 valence electrons. The van der Waals surface area contributed by atoms with E-state index in [1.54, 1.807) is 0 Å². The van der Waals surface area contributed by atoms with Crippen LogP contribution in [0, 0.1) is 0 Å². The van der Waals surface area contributed by atoms with Crippen LogP contribution < -0.4 is 5.32 Å². The standard InChI is InChI=1S/C14H18BrClN2O2/c1-2-20-14(19)13-8-17-5-6-18(13)9-10-3-4-12(16)11(15)7-10/h3-4,7,13,17H,2,5-6,8-9H2,1H3. The Labute approximate surface area is 132 Å². The molecule has 20 heavy (non-hydrogen) atoms. The molecule has 1 N–H and O–H groups in total. The Balaban J connectivity index is 2.08. The number of rotatable bonds is 4. The van der Waals surface area contributed by atoms with Crippen molar-refractivity contribution in [1.82, 2.24) is 10.2 Å². The molecule has 1 aliphatic heterocycles. The van der Waals surface area contributed by atoms with Crippen LogP contribution >= 0.6 is 27.5 Å². The van der Waals surface area contributed by atoms with Gasteiger partial charge in [-0.3, -0.25) is 9.69 Å². The first kappa shape index (κ1) is 15.8. The zero-order valence-corrected chi connectivity index (χ0v) is 13.7. The minimum absolute atomic E-state index is 0.160. The number of ether oxygens (including phenoxy) is 1. The number of hydrogen-bond donors (Lipinski definition) is 1. The van der Waals surface area contributed by atoms with Gasteiger partial charge in [-0.1, -0.05) is 17.7 Å². The highest BCUT2D eigenvalue weighted by atomic mass is 79.9. The number of piperazine rings is 1. The van der Waals surface area contributed by atoms with Gasteiger partial charge in [0, 0.05) is 30.7 Å². The predicted octanol–water partition coefficient (Wildman–Crippen LogP) is 2.44. The molecule has 1 fully saturated rings. The maximum Gasteiger partial charge on any atom is 0.324 e. The number of nitrogens with zero attached hydrogens (tertiary/aromatic N) is 1. The lowest BCUT2D eigenvalue weighted by atomic mass is 10.1. The Morgan fingerprint density at radius 2 is 2.40 bits per heavy atom. The highest BCUT2D eigenvalue weighted by Crippen LogP contribution is 2.24. The minimum atomic E-state index is -0.224. The van der Waals surface area contributed by atoms with Gasteiger partial charge in [-0.2, -0.15) is 0 Å². The Morgan fingerprint density at radius 3 is 3.10 bits per heavy atom. The Morgan fingerprint density at radius 1 is 1.60 bits per heavy atom. The molecule has 0 bridgehead atoms. The molecule has 1 aliphatic rings. The van der Waals surface area contributed by atoms with Gasteiger partial charge in [0.05, 0.1) is 11.6 Å². The average molecular weight is 362 g/mol. The van der Waals surface area contributed by atoms with Crippen molar-refractivity contribution < 1.29 is 9.53 Å². The quantitative estimate of drug-likeness (QED) is 0.837. The van der Waals surface area contributed by atoms with Crippen molar-refractivity contribution in [3.63, 3.8) is 0 Å². The summed E-state index contributed by atoms with van der Waals surface area (Å²) in [5, 5.41) is 3.93. The molecule has 4 nitrogen and oxygen atoms in total. The van der Waals surface area contributed by atoms with Gasteiger partial charge < -0.3 is 10.1 Å². The van der Waals surface area contributed by atoms with Crippen LogP contribution in [0.5, 0.6) is 0 Å². The van der Waals surface area contributed by atoms with Crippen LogP contribution in [0.4, 0.5) is 0 Å². The predicted molar refractivity (Wildman–Crippen MR) is 82.9 cm³/mol. The third-order valence-electron chi connectivity index (χ3n) is 3.28. The molecule has 1 aromatic rings. The lowest BCUT2D eigenvalue weighted by molar-refractivity contribution is -0.150. The molecule has 0 aliphatic carbocycles. The maximum absolute atomic E-state index is 12.0. The summed E-state index contributed by atoms with van der Waals surface area (Å²) in [5.74, 6) is -0.160. The second-order valence-electron chi connectivity index (χ2n) is 4.69. The minimum Gasteiger partial charge on any atom is -0.465 e. The van der Waals surface area contributed by atoms with Crippen LogP contribution in [0.2, 0.25) is 5.02 Å². The summed E-state index contributed by atoms with van der Waals surface area (Å²) in [6.07, 6.45) is 0. The van der Waals surface area contributed by atoms with E-state index in [1.165, 1.54) is 0 Å². The topological polar surface area (TPSA) is 41.6 Å². The van der Waals surface area contributed by atoms with Crippen molar-refractivity contribution in [3.05, 3.63) is 33.3 Å². The average Bonchev–Trinajstić information content (AvgIpc) is 2.44. The van der Waals surface area contributed by atoms with E-state index in [2.05, 4.69) is 26.1 Å². The number of esters is 1. The zero-order chi connectivity index (χ0) is 14.5. The molecular weight excluding hydrogens is 344 g/mol. The number of halogens is 2. The highest BCUT2D eigenvalue weighted by Gasteiger charge is 2.29. The lowest BCUT2D eigenvalue weighted by Gasteiger charge is -2.34. The van der Waals surface area contributed by atoms with Crippen molar-refractivity contribution in [2.75, 3.05) is 26.2 Å². The second-order valence-corrected chi connectivity index (χ2v) is 5.95. The van der Waals surface area contributed by atoms with Gasteiger partial charge in [-0.15, -0.1) is 0 Å². The number of nitrogens with one attached hydrogen (secondary N) is 1. The molecule has 0 spiro atoms. The molecule has 0 aromatic heterocycles. The van der Waals surface area contributed by atoms with Crippen LogP contribution in [0.25, 0.3) is 0 Å². The third-order valence-corrected chi connectivity index (χ3v) is 4.50. The van der Waals surface area contributed by atoms with Gasteiger partial charge in [0.25, 0.3) is 0 Å². The third kappa shape index (κ3) is 3.95. The van der Waals surface area contributed by atoms with Crippen LogP contribution in [-0.4, -0.2) is 43.2 Å². The molecule has 0 saturated carbocycles. The van der Waals surface area contributed by atoms with Gasteiger partial charge in [0.15, 0.2) is 0 Å². The first-order valence-electron chi connectivity index (χ1n) is 6.67. The summed E-state index contributed by atoms with van der Waals surface area (Å²) < 4.78 is 6.02. The van der Waals surface area contributed by atoms with Crippen molar-refractivity contribution in [2.24, 2.45) is 0 Å². The van der Waals surface area contributed by atoms with Crippen molar-refractivity contribution in [1.29, 1.82) is 0 Å². The Kier molecular flexibility index (Phi) is 5.84. The molecule has 0 amide bonds. The van der Waals surface area contributed by atoms with Crippen LogP contribution in [-0.2, 0) is 16.1 Å². The highest BCUT2D eigenvalue weighted by molar-refractivity contribution is 9.10. The van der Waals surface area contributed by atoms with Crippen LogP contribution in [0.3, 0.4) is 0 Å². The van der Waals surface area contributed by atoms with Gasteiger partial charge in [0.1, 0.15) is 6.04 Å². The van der Waals surface area contributed by atoms with E-state index in [0.717, 1.165) is 23.1 Å². The van der Waals surface area contributed by atoms with Crippen LogP contribution in [0.15, 0.2) is 22.7 Å². The fourth-order valence-electron chi connectivity index (χ4n) is 2.28. The number of carbonyl (C=O) groups is 1. The first-order valence-corrected chi connectivity index (χ1v) is 7.84. The lowest BCUT2D eigenvalue weighted by Crippen LogP contribution is -2.54. The SMILES string of the molecule is CCOC(=O)C1CNCCN1Cc1ccc(Cl)c(Br)c1. The summed E-state index contributed by atoms with van der Waals surface area (Å²) in [6, 6.07) is 5.62. The van der Waals surface area contributed by atoms with E-state index in [9.17, 15) is 4.79 Å². The molecule has 1 atom stereocenters. The maximum atomic E-state index is 12.0. The Bertz CT molecular complexity index is 484. The summed E-state index contributed by atoms with van der Waals surface area (Å²) in [4.78, 5) is 14.1. The number of benzene rings is 1. The van der Waals surface area contributed by atoms with Gasteiger partial charge >= 0.3 is 5.97 Å². The van der Waals surface area contributed by atoms with E-state index in [4.69, 9.17) is 16.3 Å². The van der Waals surface area contributed by atoms with E-state index >= 15 is 0 Å². The van der Waals surface area contributed by atoms with E-state index < -0.39 is 0 Å². The normalized spacial score (nSPS) is 19.9. The Hall–Kier alpha value is -0.620. The van der Waals surface area contributed by atoms with Crippen molar-refractivity contribution in [2.45, 2.75) is 19.5 Å². The van der Waals surface area contributed by atoms with Crippen molar-refractivity contribution >= 4 is 33.5 Å². The van der Waals surface area contributed by atoms with E-state index in [1.807, 2.05) is 25.1 Å². The molecule has 2 rings (SSSR count). The molecular formula is C14H18BrClN2O2. The van der Waals surface area contributed by atoms with Gasteiger partial charge in [-0.05, 0) is 40.5 Å². The molecule has 1 heterocycles. The molecule has 6 heteroatoms. The fourth-order valence-corrected chi connectivity index (χ4v) is 2.82. The van der Waals surface area contributed by atoms with Gasteiger partial charge in [0.2, 0.25) is 0 Å². The second kappa shape index (κ2) is 7.41. The number of carbonyl (C=O) groups excluding carboxylic acids is 1. The van der Waals surface area contributed by atoms with E-state index in [0.29, 0.717) is 24.7 Å². The largest absolute Gasteiger partial charge is 0.465 e. The zero-order valence-electron chi connectivity index (χ0n) is 11.4. The summed E-state index contributed by atoms with van der Waals surface area (Å²) in [5.41, 5.74) is 1.12.